The normalized spacial score (nSPS) is 35.5. The van der Waals surface area contributed by atoms with Crippen molar-refractivity contribution in [3.05, 3.63) is 12.2 Å². The summed E-state index contributed by atoms with van der Waals surface area (Å²) in [5.41, 5.74) is 0.0113. The Kier molecular flexibility index (Phi) is 15.3. The van der Waals surface area contributed by atoms with E-state index in [0.29, 0.717) is 5.11 Å². The highest BCUT2D eigenvalue weighted by Crippen LogP contribution is 2.55. The highest BCUT2D eigenvalue weighted by Gasteiger charge is 2.51. The summed E-state index contributed by atoms with van der Waals surface area (Å²) in [5.74, 6) is 2.29. The molecule has 7 atom stereocenters. The zero-order chi connectivity index (χ0) is 32.2. The SMILES string of the molecule is CCCCCCCCCCCCC/C=C\C(O)C(CO[C@@H]1OC(CO)[C@@H](O)C(O)[C@@H]1O)NC(=S)NC12CC3CC(CC(C3)C1)C2. The number of aliphatic hydroxyl groups excluding tert-OH is 5. The van der Waals surface area contributed by atoms with E-state index >= 15 is 0 Å². The van der Waals surface area contributed by atoms with Gasteiger partial charge in [0.05, 0.1) is 25.4 Å². The number of hydrogen-bond acceptors (Lipinski definition) is 8. The molecule has 5 fully saturated rings. The van der Waals surface area contributed by atoms with Gasteiger partial charge < -0.3 is 45.6 Å². The van der Waals surface area contributed by atoms with Gasteiger partial charge in [0, 0.05) is 5.54 Å². The molecule has 0 amide bonds. The molecule has 10 heteroatoms. The van der Waals surface area contributed by atoms with Crippen LogP contribution in [0.1, 0.15) is 122 Å². The first-order valence-corrected chi connectivity index (χ1v) is 18.5. The molecular formula is C35H62N2O7S. The molecule has 45 heavy (non-hydrogen) atoms. The Morgan fingerprint density at radius 1 is 0.867 bits per heavy atom. The predicted octanol–water partition coefficient (Wildman–Crippen LogP) is 4.22. The molecule has 5 rings (SSSR count). The van der Waals surface area contributed by atoms with Crippen LogP contribution in [0.25, 0.3) is 0 Å². The number of rotatable bonds is 20. The average molecular weight is 655 g/mol. The molecule has 260 valence electrons. The molecule has 1 aliphatic heterocycles. The van der Waals surface area contributed by atoms with Gasteiger partial charge in [-0.25, -0.2) is 0 Å². The summed E-state index contributed by atoms with van der Waals surface area (Å²) in [6, 6.07) is -0.639. The number of hydrogen-bond donors (Lipinski definition) is 7. The second-order valence-corrected chi connectivity index (χ2v) is 15.1. The molecule has 9 nitrogen and oxygen atoms in total. The van der Waals surface area contributed by atoms with E-state index in [0.717, 1.165) is 49.9 Å². The fraction of sp³-hybridized carbons (Fsp3) is 0.914. The van der Waals surface area contributed by atoms with Crippen molar-refractivity contribution in [2.45, 2.75) is 171 Å². The van der Waals surface area contributed by atoms with Gasteiger partial charge in [-0.1, -0.05) is 83.3 Å². The Balaban J connectivity index is 1.24. The van der Waals surface area contributed by atoms with E-state index in [4.69, 9.17) is 21.7 Å². The zero-order valence-electron chi connectivity index (χ0n) is 27.5. The van der Waals surface area contributed by atoms with Crippen molar-refractivity contribution in [3.8, 4) is 0 Å². The number of unbranched alkanes of at least 4 members (excludes halogenated alkanes) is 11. The molecule has 4 unspecified atom stereocenters. The van der Waals surface area contributed by atoms with Crippen LogP contribution in [0.5, 0.6) is 0 Å². The maximum Gasteiger partial charge on any atom is 0.186 e. The maximum atomic E-state index is 11.2. The Morgan fingerprint density at radius 2 is 1.42 bits per heavy atom. The summed E-state index contributed by atoms with van der Waals surface area (Å²) in [5, 5.41) is 58.9. The Bertz CT molecular complexity index is 870. The maximum absolute atomic E-state index is 11.2. The van der Waals surface area contributed by atoms with Gasteiger partial charge in [0.25, 0.3) is 0 Å². The Morgan fingerprint density at radius 3 is 1.98 bits per heavy atom. The average Bonchev–Trinajstić information content (AvgIpc) is 3.00. The molecule has 1 saturated heterocycles. The monoisotopic (exact) mass is 654 g/mol. The summed E-state index contributed by atoms with van der Waals surface area (Å²) < 4.78 is 11.4. The Hall–Kier alpha value is -0.850. The van der Waals surface area contributed by atoms with Crippen LogP contribution in [0.2, 0.25) is 0 Å². The van der Waals surface area contributed by atoms with Crippen molar-refractivity contribution in [1.29, 1.82) is 0 Å². The van der Waals surface area contributed by atoms with Crippen molar-refractivity contribution in [3.63, 3.8) is 0 Å². The van der Waals surface area contributed by atoms with Crippen molar-refractivity contribution < 1.29 is 35.0 Å². The van der Waals surface area contributed by atoms with E-state index in [1.807, 2.05) is 6.08 Å². The van der Waals surface area contributed by atoms with Crippen molar-refractivity contribution in [1.82, 2.24) is 10.6 Å². The summed E-state index contributed by atoms with van der Waals surface area (Å²) >= 11 is 5.79. The zero-order valence-corrected chi connectivity index (χ0v) is 28.3. The summed E-state index contributed by atoms with van der Waals surface area (Å²) in [6.07, 6.45) is 18.5. The third-order valence-electron chi connectivity index (χ3n) is 10.7. The highest BCUT2D eigenvalue weighted by atomic mass is 32.1. The lowest BCUT2D eigenvalue weighted by Crippen LogP contribution is -2.63. The van der Waals surface area contributed by atoms with Crippen LogP contribution >= 0.6 is 12.2 Å². The lowest BCUT2D eigenvalue weighted by atomic mass is 9.53. The van der Waals surface area contributed by atoms with Crippen LogP contribution in [-0.2, 0) is 9.47 Å². The highest BCUT2D eigenvalue weighted by molar-refractivity contribution is 7.80. The minimum atomic E-state index is -1.53. The van der Waals surface area contributed by atoms with E-state index in [-0.39, 0.29) is 12.1 Å². The van der Waals surface area contributed by atoms with E-state index in [1.54, 1.807) is 6.08 Å². The van der Waals surface area contributed by atoms with Gasteiger partial charge in [-0.2, -0.15) is 0 Å². The van der Waals surface area contributed by atoms with Crippen molar-refractivity contribution in [2.75, 3.05) is 13.2 Å². The van der Waals surface area contributed by atoms with Gasteiger partial charge in [-0.05, 0) is 81.3 Å². The standard InChI is InChI=1S/C35H62N2O7S/c1-2-3-4-5-6-7-8-9-10-11-12-13-14-15-28(39)27(23-43-33-32(42)31(41)30(40)29(22-38)44-33)36-34(45)37-35-19-24-16-25(20-35)18-26(17-24)21-35/h14-15,24-33,38-42H,2-13,16-23H2,1H3,(H2,36,37,45)/b15-14-/t24?,25?,26?,27?,28?,29?,30-,31?,32+,33-,35?/m1/s1. The largest absolute Gasteiger partial charge is 0.394 e. The molecule has 4 saturated carbocycles. The molecular weight excluding hydrogens is 592 g/mol. The van der Waals surface area contributed by atoms with Crippen LogP contribution in [-0.4, -0.2) is 92.2 Å². The van der Waals surface area contributed by atoms with Gasteiger partial charge in [0.1, 0.15) is 24.4 Å². The first-order chi connectivity index (χ1) is 21.7. The summed E-state index contributed by atoms with van der Waals surface area (Å²) in [4.78, 5) is 0. The van der Waals surface area contributed by atoms with Gasteiger partial charge in [-0.15, -0.1) is 0 Å². The summed E-state index contributed by atoms with van der Waals surface area (Å²) in [6.45, 7) is 1.65. The first-order valence-electron chi connectivity index (χ1n) is 18.1. The minimum absolute atomic E-state index is 0.0113. The smallest absolute Gasteiger partial charge is 0.186 e. The first kappa shape index (κ1) is 37.0. The molecule has 7 N–H and O–H groups in total. The lowest BCUT2D eigenvalue weighted by molar-refractivity contribution is -0.302. The van der Waals surface area contributed by atoms with E-state index in [1.165, 1.54) is 83.5 Å². The molecule has 1 heterocycles. The van der Waals surface area contributed by atoms with Gasteiger partial charge in [0.15, 0.2) is 11.4 Å². The van der Waals surface area contributed by atoms with Crippen molar-refractivity contribution >= 4 is 17.3 Å². The second-order valence-electron chi connectivity index (χ2n) is 14.7. The van der Waals surface area contributed by atoms with Crippen molar-refractivity contribution in [2.24, 2.45) is 17.8 Å². The number of aliphatic hydroxyl groups is 5. The molecule has 0 radical (unpaired) electrons. The minimum Gasteiger partial charge on any atom is -0.394 e. The topological polar surface area (TPSA) is 144 Å². The third-order valence-corrected chi connectivity index (χ3v) is 11.0. The number of allylic oxidation sites excluding steroid dienone is 1. The third kappa shape index (κ3) is 11.1. The molecule has 0 aromatic carbocycles. The molecule has 4 aliphatic carbocycles. The van der Waals surface area contributed by atoms with E-state index in [9.17, 15) is 25.5 Å². The Labute approximate surface area is 276 Å². The fourth-order valence-corrected chi connectivity index (χ4v) is 9.00. The summed E-state index contributed by atoms with van der Waals surface area (Å²) in [7, 11) is 0. The molecule has 0 aromatic heterocycles. The lowest BCUT2D eigenvalue weighted by Gasteiger charge is -2.57. The predicted molar refractivity (Wildman–Crippen MR) is 180 cm³/mol. The number of thiocarbonyl (C=S) groups is 1. The van der Waals surface area contributed by atoms with E-state index < -0.39 is 49.5 Å². The quantitative estimate of drug-likeness (QED) is 0.0579. The number of ether oxygens (including phenoxy) is 2. The fourth-order valence-electron chi connectivity index (χ4n) is 8.63. The van der Waals surface area contributed by atoms with Crippen LogP contribution in [0, 0.1) is 17.8 Å². The van der Waals surface area contributed by atoms with Gasteiger partial charge >= 0.3 is 0 Å². The molecule has 5 aliphatic rings. The van der Waals surface area contributed by atoms with Crippen LogP contribution in [0.15, 0.2) is 12.2 Å². The molecule has 4 bridgehead atoms. The van der Waals surface area contributed by atoms with Crippen LogP contribution < -0.4 is 10.6 Å². The van der Waals surface area contributed by atoms with Crippen LogP contribution in [0.3, 0.4) is 0 Å². The van der Waals surface area contributed by atoms with Crippen LogP contribution in [0.4, 0.5) is 0 Å². The van der Waals surface area contributed by atoms with Gasteiger partial charge in [-0.3, -0.25) is 0 Å². The number of nitrogens with one attached hydrogen (secondary N) is 2. The van der Waals surface area contributed by atoms with Gasteiger partial charge in [0.2, 0.25) is 0 Å². The van der Waals surface area contributed by atoms with E-state index in [2.05, 4.69) is 17.6 Å². The molecule has 0 aromatic rings. The molecule has 0 spiro atoms. The second kappa shape index (κ2) is 18.6.